The van der Waals surface area contributed by atoms with Crippen LogP contribution in [0, 0.1) is 5.41 Å². The van der Waals surface area contributed by atoms with E-state index in [1.54, 1.807) is 0 Å². The van der Waals surface area contributed by atoms with Gasteiger partial charge in [0.15, 0.2) is 0 Å². The summed E-state index contributed by atoms with van der Waals surface area (Å²) in [5.41, 5.74) is 0.801. The van der Waals surface area contributed by atoms with Gasteiger partial charge in [0, 0.05) is 25.2 Å². The van der Waals surface area contributed by atoms with Crippen LogP contribution in [0.2, 0.25) is 0 Å². The fourth-order valence-corrected chi connectivity index (χ4v) is 2.33. The first-order valence-corrected chi connectivity index (χ1v) is 6.73. The number of hydrogen-bond acceptors (Lipinski definition) is 3. The SMILES string of the molecule is O=C(Cc1ccccc1)NCC1(CO)CCOCC1. The molecule has 2 rings (SSSR count). The molecule has 1 fully saturated rings. The van der Waals surface area contributed by atoms with E-state index in [9.17, 15) is 9.90 Å². The van der Waals surface area contributed by atoms with Crippen LogP contribution in [0.15, 0.2) is 30.3 Å². The van der Waals surface area contributed by atoms with Gasteiger partial charge >= 0.3 is 0 Å². The van der Waals surface area contributed by atoms with Crippen LogP contribution in [-0.4, -0.2) is 37.4 Å². The number of nitrogens with one attached hydrogen (secondary N) is 1. The number of benzene rings is 1. The Hall–Kier alpha value is -1.39. The van der Waals surface area contributed by atoms with Gasteiger partial charge in [-0.3, -0.25) is 4.79 Å². The minimum atomic E-state index is -0.204. The number of ether oxygens (including phenoxy) is 1. The van der Waals surface area contributed by atoms with E-state index in [4.69, 9.17) is 4.74 Å². The van der Waals surface area contributed by atoms with E-state index in [2.05, 4.69) is 5.32 Å². The van der Waals surface area contributed by atoms with Crippen molar-refractivity contribution in [3.8, 4) is 0 Å². The average Bonchev–Trinajstić information content (AvgIpc) is 2.47. The zero-order valence-electron chi connectivity index (χ0n) is 11.1. The number of carbonyl (C=O) groups excluding carboxylic acids is 1. The van der Waals surface area contributed by atoms with Crippen LogP contribution in [0.25, 0.3) is 0 Å². The average molecular weight is 263 g/mol. The number of amides is 1. The molecule has 0 saturated carbocycles. The molecule has 0 aromatic heterocycles. The number of rotatable bonds is 5. The van der Waals surface area contributed by atoms with Crippen LogP contribution in [0.1, 0.15) is 18.4 Å². The van der Waals surface area contributed by atoms with E-state index < -0.39 is 0 Å². The molecule has 1 aromatic carbocycles. The molecule has 4 heteroatoms. The standard InChI is InChI=1S/C15H21NO3/c17-12-15(6-8-19-9-7-15)11-16-14(18)10-13-4-2-1-3-5-13/h1-5,17H,6-12H2,(H,16,18). The largest absolute Gasteiger partial charge is 0.396 e. The highest BCUT2D eigenvalue weighted by Gasteiger charge is 2.32. The Morgan fingerprint density at radius 2 is 1.95 bits per heavy atom. The van der Waals surface area contributed by atoms with Gasteiger partial charge in [0.25, 0.3) is 0 Å². The summed E-state index contributed by atoms with van der Waals surface area (Å²) in [6.45, 7) is 1.95. The van der Waals surface area contributed by atoms with Gasteiger partial charge in [-0.05, 0) is 18.4 Å². The van der Waals surface area contributed by atoms with E-state index >= 15 is 0 Å². The lowest BCUT2D eigenvalue weighted by Gasteiger charge is -2.35. The first-order valence-electron chi connectivity index (χ1n) is 6.73. The maximum Gasteiger partial charge on any atom is 0.224 e. The van der Waals surface area contributed by atoms with Gasteiger partial charge < -0.3 is 15.2 Å². The van der Waals surface area contributed by atoms with Crippen molar-refractivity contribution in [3.05, 3.63) is 35.9 Å². The molecule has 1 aliphatic rings. The van der Waals surface area contributed by atoms with Crippen LogP contribution >= 0.6 is 0 Å². The zero-order valence-corrected chi connectivity index (χ0v) is 11.1. The van der Waals surface area contributed by atoms with Crippen molar-refractivity contribution >= 4 is 5.91 Å². The van der Waals surface area contributed by atoms with Crippen molar-refractivity contribution in [1.29, 1.82) is 0 Å². The van der Waals surface area contributed by atoms with Gasteiger partial charge in [-0.25, -0.2) is 0 Å². The van der Waals surface area contributed by atoms with Crippen molar-refractivity contribution in [1.82, 2.24) is 5.32 Å². The van der Waals surface area contributed by atoms with Gasteiger partial charge in [-0.2, -0.15) is 0 Å². The number of hydrogen-bond donors (Lipinski definition) is 2. The molecule has 0 spiro atoms. The maximum absolute atomic E-state index is 11.9. The van der Waals surface area contributed by atoms with E-state index in [1.165, 1.54) is 0 Å². The summed E-state index contributed by atoms with van der Waals surface area (Å²) in [6.07, 6.45) is 1.99. The van der Waals surface area contributed by atoms with Crippen molar-refractivity contribution in [2.24, 2.45) is 5.41 Å². The van der Waals surface area contributed by atoms with Gasteiger partial charge in [0.2, 0.25) is 5.91 Å². The zero-order chi connectivity index (χ0) is 13.6. The number of aliphatic hydroxyl groups excluding tert-OH is 1. The first-order chi connectivity index (χ1) is 9.24. The number of aliphatic hydroxyl groups is 1. The van der Waals surface area contributed by atoms with Crippen molar-refractivity contribution in [3.63, 3.8) is 0 Å². The van der Waals surface area contributed by atoms with Crippen LogP contribution in [0.3, 0.4) is 0 Å². The first kappa shape index (κ1) is 14.0. The number of carbonyl (C=O) groups is 1. The van der Waals surface area contributed by atoms with E-state index in [1.807, 2.05) is 30.3 Å². The lowest BCUT2D eigenvalue weighted by molar-refractivity contribution is -0.121. The highest BCUT2D eigenvalue weighted by atomic mass is 16.5. The monoisotopic (exact) mass is 263 g/mol. The molecule has 0 atom stereocenters. The molecule has 1 aliphatic heterocycles. The highest BCUT2D eigenvalue weighted by molar-refractivity contribution is 5.78. The Kier molecular flexibility index (Phi) is 4.93. The second-order valence-corrected chi connectivity index (χ2v) is 5.21. The van der Waals surface area contributed by atoms with Gasteiger partial charge in [0.1, 0.15) is 0 Å². The molecule has 1 saturated heterocycles. The summed E-state index contributed by atoms with van der Waals surface area (Å²) < 4.78 is 5.31. The topological polar surface area (TPSA) is 58.6 Å². The summed E-state index contributed by atoms with van der Waals surface area (Å²) in [4.78, 5) is 11.9. The lowest BCUT2D eigenvalue weighted by atomic mass is 9.81. The predicted molar refractivity (Wildman–Crippen MR) is 72.7 cm³/mol. The Balaban J connectivity index is 1.82. The molecule has 0 unspecified atom stereocenters. The Morgan fingerprint density at radius 1 is 1.26 bits per heavy atom. The summed E-state index contributed by atoms with van der Waals surface area (Å²) in [5.74, 6) is 0.00511. The second-order valence-electron chi connectivity index (χ2n) is 5.21. The maximum atomic E-state index is 11.9. The Morgan fingerprint density at radius 3 is 2.58 bits per heavy atom. The predicted octanol–water partition coefficient (Wildman–Crippen LogP) is 1.13. The van der Waals surface area contributed by atoms with Crippen LogP contribution in [-0.2, 0) is 16.0 Å². The molecule has 2 N–H and O–H groups in total. The summed E-state index contributed by atoms with van der Waals surface area (Å²) in [7, 11) is 0. The molecular formula is C15H21NO3. The Labute approximate surface area is 113 Å². The van der Waals surface area contributed by atoms with Crippen molar-refractivity contribution in [2.45, 2.75) is 19.3 Å². The normalized spacial score (nSPS) is 17.9. The minimum absolute atomic E-state index is 0.00511. The van der Waals surface area contributed by atoms with E-state index in [0.29, 0.717) is 26.2 Å². The quantitative estimate of drug-likeness (QED) is 0.837. The van der Waals surface area contributed by atoms with Gasteiger partial charge in [-0.15, -0.1) is 0 Å². The Bertz CT molecular complexity index is 399. The highest BCUT2D eigenvalue weighted by Crippen LogP contribution is 2.28. The molecular weight excluding hydrogens is 242 g/mol. The molecule has 19 heavy (non-hydrogen) atoms. The van der Waals surface area contributed by atoms with Crippen LogP contribution in [0.4, 0.5) is 0 Å². The molecule has 104 valence electrons. The van der Waals surface area contributed by atoms with E-state index in [0.717, 1.165) is 18.4 Å². The smallest absolute Gasteiger partial charge is 0.224 e. The molecule has 0 bridgehead atoms. The molecule has 0 aliphatic carbocycles. The lowest BCUT2D eigenvalue weighted by Crippen LogP contribution is -2.44. The van der Waals surface area contributed by atoms with Crippen LogP contribution < -0.4 is 5.32 Å². The molecule has 1 heterocycles. The molecule has 1 amide bonds. The third kappa shape index (κ3) is 4.04. The third-order valence-corrected chi connectivity index (χ3v) is 3.76. The molecule has 0 radical (unpaired) electrons. The van der Waals surface area contributed by atoms with Crippen LogP contribution in [0.5, 0.6) is 0 Å². The van der Waals surface area contributed by atoms with Crippen molar-refractivity contribution < 1.29 is 14.6 Å². The van der Waals surface area contributed by atoms with Crippen molar-refractivity contribution in [2.75, 3.05) is 26.4 Å². The minimum Gasteiger partial charge on any atom is -0.396 e. The fourth-order valence-electron chi connectivity index (χ4n) is 2.33. The third-order valence-electron chi connectivity index (χ3n) is 3.76. The summed E-state index contributed by atoms with van der Waals surface area (Å²) in [5, 5.41) is 12.5. The van der Waals surface area contributed by atoms with Gasteiger partial charge in [0.05, 0.1) is 13.0 Å². The summed E-state index contributed by atoms with van der Waals surface area (Å²) in [6, 6.07) is 9.67. The molecule has 1 aromatic rings. The van der Waals surface area contributed by atoms with E-state index in [-0.39, 0.29) is 17.9 Å². The van der Waals surface area contributed by atoms with Gasteiger partial charge in [-0.1, -0.05) is 30.3 Å². The fraction of sp³-hybridized carbons (Fsp3) is 0.533. The summed E-state index contributed by atoms with van der Waals surface area (Å²) >= 11 is 0. The second kappa shape index (κ2) is 6.68. The molecule has 4 nitrogen and oxygen atoms in total.